The van der Waals surface area contributed by atoms with Crippen LogP contribution < -0.4 is 16.0 Å². The summed E-state index contributed by atoms with van der Waals surface area (Å²) in [6.07, 6.45) is 4.85. The van der Waals surface area contributed by atoms with Crippen LogP contribution in [0.4, 0.5) is 17.8 Å². The molecule has 3 heterocycles. The van der Waals surface area contributed by atoms with Crippen molar-refractivity contribution in [2.24, 2.45) is 5.92 Å². The molecule has 7 heteroatoms. The molecule has 0 atom stereocenters. The van der Waals surface area contributed by atoms with Crippen LogP contribution >= 0.6 is 0 Å². The number of hydrogen-bond acceptors (Lipinski definition) is 7. The second-order valence-electron chi connectivity index (χ2n) is 6.14. The molecule has 3 rings (SSSR count). The van der Waals surface area contributed by atoms with E-state index in [4.69, 9.17) is 5.73 Å². The van der Waals surface area contributed by atoms with Crippen LogP contribution in [-0.4, -0.2) is 59.6 Å². The molecule has 2 fully saturated rings. The standard InChI is InChI=1S/C14H25N7/c1-20-8-4-11(5-9-20)10-16-13-17-12(15)18-14(19-13)21-6-2-3-7-21/h11H,2-10H2,1H3,(H3,15,16,17,18,19). The zero-order chi connectivity index (χ0) is 14.7. The van der Waals surface area contributed by atoms with Crippen molar-refractivity contribution in [3.05, 3.63) is 0 Å². The molecular weight excluding hydrogens is 266 g/mol. The first kappa shape index (κ1) is 14.3. The number of nitrogen functional groups attached to an aromatic ring is 1. The normalized spacial score (nSPS) is 20.9. The third-order valence-electron chi connectivity index (χ3n) is 4.42. The van der Waals surface area contributed by atoms with Crippen LogP contribution in [0.3, 0.4) is 0 Å². The third kappa shape index (κ3) is 3.72. The number of rotatable bonds is 4. The molecule has 3 N–H and O–H groups in total. The molecule has 0 aliphatic carbocycles. The van der Waals surface area contributed by atoms with Crippen molar-refractivity contribution < 1.29 is 0 Å². The number of nitrogens with one attached hydrogen (secondary N) is 1. The van der Waals surface area contributed by atoms with Gasteiger partial charge in [-0.15, -0.1) is 0 Å². The summed E-state index contributed by atoms with van der Waals surface area (Å²) in [6, 6.07) is 0. The molecule has 0 aromatic carbocycles. The predicted octanol–water partition coefficient (Wildman–Crippen LogP) is 0.808. The van der Waals surface area contributed by atoms with Gasteiger partial charge in [0.1, 0.15) is 0 Å². The molecule has 0 saturated carbocycles. The molecule has 1 aromatic rings. The predicted molar refractivity (Wildman–Crippen MR) is 84.4 cm³/mol. The molecule has 0 spiro atoms. The minimum atomic E-state index is 0.303. The van der Waals surface area contributed by atoms with Gasteiger partial charge in [-0.3, -0.25) is 0 Å². The van der Waals surface area contributed by atoms with E-state index in [1.54, 1.807) is 0 Å². The number of likely N-dealkylation sites (tertiary alicyclic amines) is 1. The van der Waals surface area contributed by atoms with E-state index in [-0.39, 0.29) is 0 Å². The summed E-state index contributed by atoms with van der Waals surface area (Å²) in [5, 5.41) is 3.35. The fourth-order valence-corrected chi connectivity index (χ4v) is 3.02. The molecule has 2 saturated heterocycles. The van der Waals surface area contributed by atoms with E-state index in [2.05, 4.69) is 37.1 Å². The summed E-state index contributed by atoms with van der Waals surface area (Å²) in [5.74, 6) is 2.32. The van der Waals surface area contributed by atoms with Crippen LogP contribution in [0.1, 0.15) is 25.7 Å². The molecule has 2 aliphatic heterocycles. The summed E-state index contributed by atoms with van der Waals surface area (Å²) < 4.78 is 0. The van der Waals surface area contributed by atoms with Crippen molar-refractivity contribution in [2.75, 3.05) is 55.7 Å². The maximum atomic E-state index is 5.82. The first-order chi connectivity index (χ1) is 10.2. The van der Waals surface area contributed by atoms with Gasteiger partial charge in [-0.25, -0.2) is 0 Å². The van der Waals surface area contributed by atoms with Gasteiger partial charge in [-0.05, 0) is 51.7 Å². The number of aromatic nitrogens is 3. The Labute approximate surface area is 126 Å². The molecule has 1 aromatic heterocycles. The highest BCUT2D eigenvalue weighted by Crippen LogP contribution is 2.19. The Bertz CT molecular complexity index is 464. The zero-order valence-electron chi connectivity index (χ0n) is 12.8. The quantitative estimate of drug-likeness (QED) is 0.849. The maximum absolute atomic E-state index is 5.82. The molecule has 2 aliphatic rings. The lowest BCUT2D eigenvalue weighted by Crippen LogP contribution is -2.33. The van der Waals surface area contributed by atoms with Crippen molar-refractivity contribution >= 4 is 17.8 Å². The Morgan fingerprint density at radius 1 is 1.10 bits per heavy atom. The number of hydrogen-bond donors (Lipinski definition) is 2. The molecule has 0 unspecified atom stereocenters. The van der Waals surface area contributed by atoms with E-state index in [1.165, 1.54) is 38.8 Å². The van der Waals surface area contributed by atoms with Gasteiger partial charge in [-0.1, -0.05) is 0 Å². The van der Waals surface area contributed by atoms with Gasteiger partial charge in [0, 0.05) is 19.6 Å². The van der Waals surface area contributed by atoms with Gasteiger partial charge < -0.3 is 20.9 Å². The Hall–Kier alpha value is -1.63. The highest BCUT2D eigenvalue weighted by atomic mass is 15.3. The molecule has 7 nitrogen and oxygen atoms in total. The van der Waals surface area contributed by atoms with Crippen LogP contribution in [0.25, 0.3) is 0 Å². The SMILES string of the molecule is CN1CCC(CNc2nc(N)nc(N3CCCC3)n2)CC1. The van der Waals surface area contributed by atoms with E-state index in [9.17, 15) is 0 Å². The zero-order valence-corrected chi connectivity index (χ0v) is 12.8. The van der Waals surface area contributed by atoms with Crippen LogP contribution in [0.2, 0.25) is 0 Å². The lowest BCUT2D eigenvalue weighted by molar-refractivity contribution is 0.226. The topological polar surface area (TPSA) is 83.2 Å². The van der Waals surface area contributed by atoms with Crippen LogP contribution in [0, 0.1) is 5.92 Å². The average Bonchev–Trinajstić information content (AvgIpc) is 3.00. The Kier molecular flexibility index (Phi) is 4.38. The lowest BCUT2D eigenvalue weighted by Gasteiger charge is -2.29. The van der Waals surface area contributed by atoms with Gasteiger partial charge in [0.2, 0.25) is 17.8 Å². The minimum Gasteiger partial charge on any atom is -0.368 e. The highest BCUT2D eigenvalue weighted by Gasteiger charge is 2.19. The summed E-state index contributed by atoms with van der Waals surface area (Å²) in [4.78, 5) is 17.5. The molecule has 21 heavy (non-hydrogen) atoms. The number of nitrogens with two attached hydrogens (primary N) is 1. The van der Waals surface area contributed by atoms with Gasteiger partial charge >= 0.3 is 0 Å². The highest BCUT2D eigenvalue weighted by molar-refractivity contribution is 5.42. The van der Waals surface area contributed by atoms with Crippen LogP contribution in [0.15, 0.2) is 0 Å². The van der Waals surface area contributed by atoms with E-state index in [0.29, 0.717) is 23.8 Å². The van der Waals surface area contributed by atoms with Crippen molar-refractivity contribution in [3.8, 4) is 0 Å². The van der Waals surface area contributed by atoms with Gasteiger partial charge in [0.05, 0.1) is 0 Å². The average molecular weight is 291 g/mol. The fraction of sp³-hybridized carbons (Fsp3) is 0.786. The second-order valence-corrected chi connectivity index (χ2v) is 6.14. The van der Waals surface area contributed by atoms with Crippen LogP contribution in [-0.2, 0) is 0 Å². The van der Waals surface area contributed by atoms with Crippen molar-refractivity contribution in [1.29, 1.82) is 0 Å². The monoisotopic (exact) mass is 291 g/mol. The van der Waals surface area contributed by atoms with E-state index >= 15 is 0 Å². The number of piperidine rings is 1. The number of nitrogens with zero attached hydrogens (tertiary/aromatic N) is 5. The molecule has 116 valence electrons. The largest absolute Gasteiger partial charge is 0.368 e. The summed E-state index contributed by atoms with van der Waals surface area (Å²) in [7, 11) is 2.18. The van der Waals surface area contributed by atoms with Crippen molar-refractivity contribution in [2.45, 2.75) is 25.7 Å². The second kappa shape index (κ2) is 6.43. The summed E-state index contributed by atoms with van der Waals surface area (Å²) in [5.41, 5.74) is 5.82. The van der Waals surface area contributed by atoms with Gasteiger partial charge in [0.15, 0.2) is 0 Å². The fourth-order valence-electron chi connectivity index (χ4n) is 3.02. The molecule has 0 radical (unpaired) electrons. The molecular formula is C14H25N7. The Morgan fingerprint density at radius 3 is 2.52 bits per heavy atom. The first-order valence-corrected chi connectivity index (χ1v) is 7.89. The van der Waals surface area contributed by atoms with Crippen molar-refractivity contribution in [3.63, 3.8) is 0 Å². The molecule has 0 bridgehead atoms. The van der Waals surface area contributed by atoms with Crippen molar-refractivity contribution in [1.82, 2.24) is 19.9 Å². The summed E-state index contributed by atoms with van der Waals surface area (Å²) in [6.45, 7) is 5.28. The third-order valence-corrected chi connectivity index (χ3v) is 4.42. The van der Waals surface area contributed by atoms with E-state index < -0.39 is 0 Å². The minimum absolute atomic E-state index is 0.303. The van der Waals surface area contributed by atoms with Gasteiger partial charge in [0.25, 0.3) is 0 Å². The smallest absolute Gasteiger partial charge is 0.231 e. The Balaban J connectivity index is 1.59. The maximum Gasteiger partial charge on any atom is 0.231 e. The van der Waals surface area contributed by atoms with Gasteiger partial charge in [-0.2, -0.15) is 15.0 Å². The first-order valence-electron chi connectivity index (χ1n) is 7.89. The number of anilines is 3. The van der Waals surface area contributed by atoms with E-state index in [0.717, 1.165) is 19.6 Å². The van der Waals surface area contributed by atoms with Crippen LogP contribution in [0.5, 0.6) is 0 Å². The lowest BCUT2D eigenvalue weighted by atomic mass is 9.97. The Morgan fingerprint density at radius 2 is 1.81 bits per heavy atom. The summed E-state index contributed by atoms with van der Waals surface area (Å²) >= 11 is 0. The molecule has 0 amide bonds. The van der Waals surface area contributed by atoms with E-state index in [1.807, 2.05) is 0 Å².